The third kappa shape index (κ3) is 3.98. The summed E-state index contributed by atoms with van der Waals surface area (Å²) in [5.74, 6) is 0.0355. The first kappa shape index (κ1) is 18.2. The molecule has 138 valence electrons. The molecule has 3 rings (SSSR count). The first-order valence-electron chi connectivity index (χ1n) is 8.34. The van der Waals surface area contributed by atoms with Crippen molar-refractivity contribution in [2.75, 3.05) is 6.61 Å². The molecule has 0 aliphatic carbocycles. The van der Waals surface area contributed by atoms with Crippen LogP contribution in [-0.2, 0) is 16.0 Å². The van der Waals surface area contributed by atoms with Crippen LogP contribution in [0.1, 0.15) is 29.3 Å². The summed E-state index contributed by atoms with van der Waals surface area (Å²) in [4.78, 5) is 19.2. The van der Waals surface area contributed by atoms with Crippen molar-refractivity contribution in [3.05, 3.63) is 52.9 Å². The number of aliphatic hydroxyl groups is 1. The molecule has 0 unspecified atom stereocenters. The van der Waals surface area contributed by atoms with E-state index in [9.17, 15) is 15.2 Å². The quantitative estimate of drug-likeness (QED) is 0.390. The van der Waals surface area contributed by atoms with E-state index in [4.69, 9.17) is 9.26 Å². The average molecular weight is 366 g/mol. The van der Waals surface area contributed by atoms with Crippen LogP contribution in [0.15, 0.2) is 34.5 Å². The van der Waals surface area contributed by atoms with Gasteiger partial charge in [-0.3, -0.25) is 4.79 Å². The first-order chi connectivity index (χ1) is 13.0. The first-order valence-corrected chi connectivity index (χ1v) is 8.34. The minimum Gasteiger partial charge on any atom is -0.507 e. The number of hydrogen-bond acceptors (Lipinski definition) is 7. The number of nitrogens with one attached hydrogen (secondary N) is 1. The number of nitriles is 1. The molecule has 8 nitrogen and oxygen atoms in total. The molecule has 2 heterocycles. The van der Waals surface area contributed by atoms with Crippen LogP contribution in [0.5, 0.6) is 0 Å². The number of carbonyl (C=O) groups is 1. The summed E-state index contributed by atoms with van der Waals surface area (Å²) in [6.45, 7) is 3.18. The number of aromatic amines is 1. The van der Waals surface area contributed by atoms with Crippen LogP contribution in [-0.4, -0.2) is 32.8 Å². The van der Waals surface area contributed by atoms with Gasteiger partial charge in [0.05, 0.1) is 16.7 Å². The van der Waals surface area contributed by atoms with E-state index >= 15 is 0 Å². The molecule has 0 bridgehead atoms. The number of ether oxygens (including phenoxy) is 1. The highest BCUT2D eigenvalue weighted by Crippen LogP contribution is 2.19. The highest BCUT2D eigenvalue weighted by atomic mass is 16.5. The maximum Gasteiger partial charge on any atom is 0.306 e. The minimum absolute atomic E-state index is 0.0651. The summed E-state index contributed by atoms with van der Waals surface area (Å²) in [6, 6.07) is 9.15. The number of carbonyl (C=O) groups excluding carboxylic acids is 1. The molecule has 0 amide bonds. The molecule has 0 fully saturated rings. The molecule has 0 aliphatic heterocycles. The summed E-state index contributed by atoms with van der Waals surface area (Å²) in [6.07, 6.45) is 0.544. The lowest BCUT2D eigenvalue weighted by Gasteiger charge is -2.05. The number of benzene rings is 1. The van der Waals surface area contributed by atoms with Crippen molar-refractivity contribution in [2.24, 2.45) is 0 Å². The Morgan fingerprint density at radius 2 is 2.15 bits per heavy atom. The molecular weight excluding hydrogens is 348 g/mol. The molecule has 0 spiro atoms. The highest BCUT2D eigenvalue weighted by Gasteiger charge is 2.16. The van der Waals surface area contributed by atoms with Crippen molar-refractivity contribution in [2.45, 2.75) is 26.7 Å². The molecule has 0 saturated carbocycles. The fraction of sp³-hybridized carbons (Fsp3) is 0.263. The van der Waals surface area contributed by atoms with Crippen molar-refractivity contribution in [3.8, 4) is 6.07 Å². The number of H-pyrrole nitrogens is 1. The minimum atomic E-state index is -0.497. The molecule has 0 saturated heterocycles. The zero-order chi connectivity index (χ0) is 19.4. The fourth-order valence-corrected chi connectivity index (χ4v) is 2.70. The largest absolute Gasteiger partial charge is 0.507 e. The Kier molecular flexibility index (Phi) is 5.22. The standard InChI is InChI=1S/C19H18N4O4/c1-11-13(12(2)27-23-11)7-8-18(25)26-10-17(24)14(9-20)19-21-15-5-3-4-6-16(15)22-19/h3-6,24H,7-8,10H2,1-2H3,(H,21,22)/b17-14-. The van der Waals surface area contributed by atoms with Crippen molar-refractivity contribution >= 4 is 22.6 Å². The second-order valence-corrected chi connectivity index (χ2v) is 6.00. The maximum atomic E-state index is 11.9. The molecule has 27 heavy (non-hydrogen) atoms. The Bertz CT molecular complexity index is 1000. The molecule has 0 atom stereocenters. The number of allylic oxidation sites excluding steroid dienone is 1. The van der Waals surface area contributed by atoms with Gasteiger partial charge in [0.1, 0.15) is 24.0 Å². The molecule has 2 aromatic heterocycles. The summed E-state index contributed by atoms with van der Waals surface area (Å²) in [5, 5.41) is 23.3. The number of hydrogen-bond donors (Lipinski definition) is 2. The zero-order valence-corrected chi connectivity index (χ0v) is 14.9. The van der Waals surface area contributed by atoms with E-state index in [2.05, 4.69) is 15.1 Å². The van der Waals surface area contributed by atoms with Crippen molar-refractivity contribution < 1.29 is 19.2 Å². The predicted molar refractivity (Wildman–Crippen MR) is 96.5 cm³/mol. The topological polar surface area (TPSA) is 125 Å². The number of rotatable bonds is 6. The van der Waals surface area contributed by atoms with Gasteiger partial charge in [0.15, 0.2) is 11.6 Å². The highest BCUT2D eigenvalue weighted by molar-refractivity contribution is 5.83. The third-order valence-corrected chi connectivity index (χ3v) is 4.16. The predicted octanol–water partition coefficient (Wildman–Crippen LogP) is 3.14. The molecule has 2 N–H and O–H groups in total. The Balaban J connectivity index is 1.64. The molecule has 8 heteroatoms. The van der Waals surface area contributed by atoms with Crippen molar-refractivity contribution in [1.29, 1.82) is 5.26 Å². The van der Waals surface area contributed by atoms with Gasteiger partial charge in [-0.2, -0.15) is 5.26 Å². The lowest BCUT2D eigenvalue weighted by atomic mass is 10.1. The summed E-state index contributed by atoms with van der Waals surface area (Å²) >= 11 is 0. The molecule has 3 aromatic rings. The van der Waals surface area contributed by atoms with Gasteiger partial charge in [0.2, 0.25) is 0 Å². The van der Waals surface area contributed by atoms with E-state index in [1.54, 1.807) is 19.9 Å². The van der Waals surface area contributed by atoms with E-state index in [0.717, 1.165) is 16.8 Å². The van der Waals surface area contributed by atoms with E-state index in [1.165, 1.54) is 0 Å². The van der Waals surface area contributed by atoms with Crippen LogP contribution in [0.3, 0.4) is 0 Å². The van der Waals surface area contributed by atoms with Gasteiger partial charge in [0, 0.05) is 12.0 Å². The SMILES string of the molecule is Cc1noc(C)c1CCC(=O)OC/C(O)=C(\C#N)c1nc2ccccc2[nH]1. The van der Waals surface area contributed by atoms with Gasteiger partial charge in [0.25, 0.3) is 0 Å². The van der Waals surface area contributed by atoms with Gasteiger partial charge in [-0.25, -0.2) is 4.98 Å². The Hall–Kier alpha value is -3.60. The van der Waals surface area contributed by atoms with Crippen LogP contribution in [0, 0.1) is 25.2 Å². The number of aryl methyl sites for hydroxylation is 2. The Morgan fingerprint density at radius 1 is 1.37 bits per heavy atom. The monoisotopic (exact) mass is 366 g/mol. The third-order valence-electron chi connectivity index (χ3n) is 4.16. The van der Waals surface area contributed by atoms with E-state index in [0.29, 0.717) is 17.7 Å². The number of aliphatic hydroxyl groups excluding tert-OH is 1. The second-order valence-electron chi connectivity index (χ2n) is 6.00. The number of esters is 1. The molecule has 0 radical (unpaired) electrons. The van der Waals surface area contributed by atoms with Gasteiger partial charge in [-0.05, 0) is 32.4 Å². The second kappa shape index (κ2) is 7.74. The Morgan fingerprint density at radius 3 is 2.81 bits per heavy atom. The van der Waals surface area contributed by atoms with Crippen molar-refractivity contribution in [1.82, 2.24) is 15.1 Å². The zero-order valence-electron chi connectivity index (χ0n) is 14.9. The van der Waals surface area contributed by atoms with E-state index in [-0.39, 0.29) is 23.6 Å². The molecule has 0 aliphatic rings. The smallest absolute Gasteiger partial charge is 0.306 e. The van der Waals surface area contributed by atoms with Crippen LogP contribution >= 0.6 is 0 Å². The van der Waals surface area contributed by atoms with E-state index in [1.807, 2.05) is 24.3 Å². The van der Waals surface area contributed by atoms with E-state index < -0.39 is 12.6 Å². The lowest BCUT2D eigenvalue weighted by molar-refractivity contribution is -0.143. The van der Waals surface area contributed by atoms with Crippen LogP contribution in [0.4, 0.5) is 0 Å². The van der Waals surface area contributed by atoms with Crippen LogP contribution in [0.2, 0.25) is 0 Å². The number of fused-ring (bicyclic) bond motifs is 1. The fourth-order valence-electron chi connectivity index (χ4n) is 2.70. The number of para-hydroxylation sites is 2. The Labute approximate surface area is 155 Å². The summed E-state index contributed by atoms with van der Waals surface area (Å²) < 4.78 is 10.1. The number of nitrogens with zero attached hydrogens (tertiary/aromatic N) is 3. The van der Waals surface area contributed by atoms with Gasteiger partial charge in [-0.1, -0.05) is 17.3 Å². The van der Waals surface area contributed by atoms with Gasteiger partial charge < -0.3 is 19.4 Å². The summed E-state index contributed by atoms with van der Waals surface area (Å²) in [5.41, 5.74) is 2.95. The van der Waals surface area contributed by atoms with Crippen molar-refractivity contribution in [3.63, 3.8) is 0 Å². The number of aromatic nitrogens is 3. The lowest BCUT2D eigenvalue weighted by Crippen LogP contribution is -2.10. The normalized spacial score (nSPS) is 11.9. The maximum absolute atomic E-state index is 11.9. The molecule has 1 aromatic carbocycles. The molecular formula is C19H18N4O4. The van der Waals surface area contributed by atoms with Crippen LogP contribution < -0.4 is 0 Å². The summed E-state index contributed by atoms with van der Waals surface area (Å²) in [7, 11) is 0. The van der Waals surface area contributed by atoms with Crippen LogP contribution in [0.25, 0.3) is 16.6 Å². The average Bonchev–Trinajstić information content (AvgIpc) is 3.22. The van der Waals surface area contributed by atoms with Gasteiger partial charge >= 0.3 is 5.97 Å². The van der Waals surface area contributed by atoms with Gasteiger partial charge in [-0.15, -0.1) is 0 Å². The number of imidazole rings is 1.